The second-order valence-electron chi connectivity index (χ2n) is 2.92. The zero-order chi connectivity index (χ0) is 8.36. The Hall–Kier alpha value is -0.280. The Morgan fingerprint density at radius 3 is 2.20 bits per heavy atom. The Balaban J connectivity index is 4.23. The van der Waals surface area contributed by atoms with Gasteiger partial charge in [-0.1, -0.05) is 0 Å². The molecule has 0 aromatic carbocycles. The van der Waals surface area contributed by atoms with Gasteiger partial charge in [-0.3, -0.25) is 4.79 Å². The van der Waals surface area contributed by atoms with Crippen molar-refractivity contribution >= 4 is 17.7 Å². The van der Waals surface area contributed by atoms with Crippen molar-refractivity contribution in [3.8, 4) is 0 Å². The summed E-state index contributed by atoms with van der Waals surface area (Å²) in [5.74, 6) is -0.354. The summed E-state index contributed by atoms with van der Waals surface area (Å²) in [5, 5.41) is 0. The zero-order valence-electron chi connectivity index (χ0n) is 6.44. The van der Waals surface area contributed by atoms with E-state index in [-0.39, 0.29) is 11.9 Å². The summed E-state index contributed by atoms with van der Waals surface area (Å²) in [6, 6.07) is -0.119. The van der Waals surface area contributed by atoms with Crippen LogP contribution in [-0.2, 0) is 4.79 Å². The van der Waals surface area contributed by atoms with Crippen LogP contribution in [0.2, 0.25) is 0 Å². The number of carbonyl (C=O) groups is 1. The molecule has 0 radical (unpaired) electrons. The minimum Gasteiger partial charge on any atom is -0.369 e. The van der Waals surface area contributed by atoms with Crippen LogP contribution >= 0.6 is 11.8 Å². The van der Waals surface area contributed by atoms with E-state index in [1.54, 1.807) is 20.8 Å². The van der Waals surface area contributed by atoms with E-state index in [1.807, 2.05) is 0 Å². The first kappa shape index (κ1) is 9.72. The van der Waals surface area contributed by atoms with Crippen molar-refractivity contribution in [1.29, 1.82) is 0 Å². The summed E-state index contributed by atoms with van der Waals surface area (Å²) in [6.07, 6.45) is 0. The molecule has 1 amide bonds. The molecule has 0 unspecified atom stereocenters. The van der Waals surface area contributed by atoms with Gasteiger partial charge in [-0.15, -0.1) is 0 Å². The molecule has 0 aromatic heterocycles. The Kier molecular flexibility index (Phi) is 3.12. The fourth-order valence-corrected chi connectivity index (χ4v) is 0.623. The molecule has 3 N–H and O–H groups in total. The highest BCUT2D eigenvalue weighted by molar-refractivity contribution is 6.13. The monoisotopic (exact) mass is 164 g/mol. The molecule has 0 saturated carbocycles. The van der Waals surface area contributed by atoms with Gasteiger partial charge in [0.05, 0.1) is 5.41 Å². The Morgan fingerprint density at radius 2 is 2.10 bits per heavy atom. The first-order valence-corrected chi connectivity index (χ1v) is 3.46. The van der Waals surface area contributed by atoms with Gasteiger partial charge in [0.15, 0.2) is 0 Å². The molecular formula is C6H13ClN2O. The minimum atomic E-state index is -0.595. The van der Waals surface area contributed by atoms with Crippen molar-refractivity contribution < 1.29 is 4.79 Å². The highest BCUT2D eigenvalue weighted by Gasteiger charge is 2.31. The van der Waals surface area contributed by atoms with E-state index < -0.39 is 5.41 Å². The quantitative estimate of drug-likeness (QED) is 0.602. The Bertz CT molecular complexity index is 136. The van der Waals surface area contributed by atoms with Gasteiger partial charge in [-0.05, 0) is 32.5 Å². The van der Waals surface area contributed by atoms with Crippen molar-refractivity contribution in [2.24, 2.45) is 11.1 Å². The summed E-state index contributed by atoms with van der Waals surface area (Å²) in [7, 11) is 0. The zero-order valence-corrected chi connectivity index (χ0v) is 7.20. The van der Waals surface area contributed by atoms with E-state index in [9.17, 15) is 4.79 Å². The third kappa shape index (κ3) is 1.85. The second-order valence-corrected chi connectivity index (χ2v) is 3.13. The van der Waals surface area contributed by atoms with Crippen LogP contribution in [0.15, 0.2) is 0 Å². The van der Waals surface area contributed by atoms with E-state index in [1.165, 1.54) is 0 Å². The molecule has 0 heterocycles. The fraction of sp³-hybridized carbons (Fsp3) is 0.833. The van der Waals surface area contributed by atoms with Gasteiger partial charge in [-0.25, -0.2) is 4.84 Å². The third-order valence-electron chi connectivity index (χ3n) is 1.88. The molecular weight excluding hydrogens is 152 g/mol. The van der Waals surface area contributed by atoms with Gasteiger partial charge in [0.2, 0.25) is 5.91 Å². The maximum Gasteiger partial charge on any atom is 0.224 e. The van der Waals surface area contributed by atoms with Crippen LogP contribution in [-0.4, -0.2) is 11.9 Å². The number of nitrogens with two attached hydrogens (primary N) is 1. The van der Waals surface area contributed by atoms with Crippen LogP contribution in [0.5, 0.6) is 0 Å². The lowest BCUT2D eigenvalue weighted by Gasteiger charge is -2.26. The fourth-order valence-electron chi connectivity index (χ4n) is 0.350. The van der Waals surface area contributed by atoms with Crippen molar-refractivity contribution in [3.63, 3.8) is 0 Å². The van der Waals surface area contributed by atoms with Crippen LogP contribution < -0.4 is 10.6 Å². The number of carbonyl (C=O) groups excluding carboxylic acids is 1. The van der Waals surface area contributed by atoms with Crippen LogP contribution in [0, 0.1) is 5.41 Å². The standard InChI is InChI=1S/C6H13ClN2O/c1-4(9-7)6(2,3)5(8)10/h4,9H,1-3H3,(H2,8,10)/t4-/m1/s1. The molecule has 0 saturated heterocycles. The highest BCUT2D eigenvalue weighted by atomic mass is 35.5. The minimum absolute atomic E-state index is 0.119. The predicted octanol–water partition coefficient (Wildman–Crippen LogP) is 0.630. The molecule has 0 bridgehead atoms. The molecule has 1 atom stereocenters. The molecule has 60 valence electrons. The van der Waals surface area contributed by atoms with Crippen LogP contribution in [0.4, 0.5) is 0 Å². The number of amides is 1. The average Bonchev–Trinajstić information content (AvgIpc) is 1.86. The summed E-state index contributed by atoms with van der Waals surface area (Å²) in [4.78, 5) is 13.2. The Labute approximate surface area is 66.0 Å². The average molecular weight is 165 g/mol. The lowest BCUT2D eigenvalue weighted by molar-refractivity contribution is -0.126. The summed E-state index contributed by atoms with van der Waals surface area (Å²) < 4.78 is 0. The molecule has 0 aliphatic carbocycles. The molecule has 0 aromatic rings. The lowest BCUT2D eigenvalue weighted by atomic mass is 9.85. The molecule has 0 aliphatic heterocycles. The topological polar surface area (TPSA) is 55.1 Å². The molecule has 0 spiro atoms. The highest BCUT2D eigenvalue weighted by Crippen LogP contribution is 2.19. The largest absolute Gasteiger partial charge is 0.369 e. The second kappa shape index (κ2) is 3.21. The van der Waals surface area contributed by atoms with Gasteiger partial charge in [0.25, 0.3) is 0 Å². The number of primary amides is 1. The predicted molar refractivity (Wildman–Crippen MR) is 41.4 cm³/mol. The maximum atomic E-state index is 10.7. The van der Waals surface area contributed by atoms with Crippen molar-refractivity contribution in [1.82, 2.24) is 4.84 Å². The number of rotatable bonds is 3. The number of nitrogens with one attached hydrogen (secondary N) is 1. The molecule has 3 nitrogen and oxygen atoms in total. The van der Waals surface area contributed by atoms with E-state index in [0.717, 1.165) is 0 Å². The molecule has 10 heavy (non-hydrogen) atoms. The first-order chi connectivity index (χ1) is 4.42. The SMILES string of the molecule is C[C@@H](NCl)C(C)(C)C(N)=O. The first-order valence-electron chi connectivity index (χ1n) is 3.09. The number of halogens is 1. The van der Waals surface area contributed by atoms with Crippen molar-refractivity contribution in [3.05, 3.63) is 0 Å². The lowest BCUT2D eigenvalue weighted by Crippen LogP contribution is -2.44. The van der Waals surface area contributed by atoms with Crippen molar-refractivity contribution in [2.45, 2.75) is 26.8 Å². The smallest absolute Gasteiger partial charge is 0.224 e. The van der Waals surface area contributed by atoms with E-state index in [2.05, 4.69) is 4.84 Å². The van der Waals surface area contributed by atoms with E-state index >= 15 is 0 Å². The van der Waals surface area contributed by atoms with Crippen LogP contribution in [0.1, 0.15) is 20.8 Å². The van der Waals surface area contributed by atoms with Crippen LogP contribution in [0.3, 0.4) is 0 Å². The van der Waals surface area contributed by atoms with Crippen LogP contribution in [0.25, 0.3) is 0 Å². The van der Waals surface area contributed by atoms with Gasteiger partial charge in [0.1, 0.15) is 0 Å². The summed E-state index contributed by atoms with van der Waals surface area (Å²) in [6.45, 7) is 5.29. The number of hydrogen-bond acceptors (Lipinski definition) is 2. The molecule has 0 aliphatic rings. The normalized spacial score (nSPS) is 14.8. The maximum absolute atomic E-state index is 10.7. The third-order valence-corrected chi connectivity index (χ3v) is 2.21. The van der Waals surface area contributed by atoms with Crippen molar-refractivity contribution in [2.75, 3.05) is 0 Å². The van der Waals surface area contributed by atoms with Gasteiger partial charge >= 0.3 is 0 Å². The summed E-state index contributed by atoms with van der Waals surface area (Å²) in [5.41, 5.74) is 4.51. The summed E-state index contributed by atoms with van der Waals surface area (Å²) >= 11 is 5.32. The van der Waals surface area contributed by atoms with Gasteiger partial charge in [0, 0.05) is 6.04 Å². The Morgan fingerprint density at radius 1 is 1.70 bits per heavy atom. The molecule has 4 heteroatoms. The van der Waals surface area contributed by atoms with Gasteiger partial charge in [-0.2, -0.15) is 0 Å². The van der Waals surface area contributed by atoms with E-state index in [0.29, 0.717) is 0 Å². The van der Waals surface area contributed by atoms with E-state index in [4.69, 9.17) is 17.5 Å². The molecule has 0 rings (SSSR count). The van der Waals surface area contributed by atoms with Gasteiger partial charge < -0.3 is 5.73 Å². The molecule has 0 fully saturated rings. The number of hydrogen-bond donors (Lipinski definition) is 2.